The van der Waals surface area contributed by atoms with Crippen molar-refractivity contribution in [1.29, 1.82) is 0 Å². The monoisotopic (exact) mass is 273 g/mol. The van der Waals surface area contributed by atoms with Gasteiger partial charge in [0.2, 0.25) is 0 Å². The predicted molar refractivity (Wildman–Crippen MR) is 78.8 cm³/mol. The molecule has 0 aliphatic heterocycles. The quantitative estimate of drug-likeness (QED) is 0.802. The number of aliphatic hydroxyl groups excluding tert-OH is 1. The van der Waals surface area contributed by atoms with Crippen LogP contribution in [0.15, 0.2) is 12.1 Å². The standard InChI is InChI=1S/C13H23NOS2/c1-4-11(14)13(16-8-9(2)7-15)12-6-5-10(3)17-12/h5-6,9,11,13,15H,4,7-8,14H2,1-3H3. The van der Waals surface area contributed by atoms with Crippen LogP contribution in [-0.2, 0) is 0 Å². The maximum atomic E-state index is 9.08. The molecule has 1 rings (SSSR count). The van der Waals surface area contributed by atoms with Gasteiger partial charge < -0.3 is 10.8 Å². The molecule has 0 aliphatic carbocycles. The first-order valence-corrected chi connectivity index (χ1v) is 7.99. The first kappa shape index (κ1) is 15.0. The van der Waals surface area contributed by atoms with E-state index in [1.54, 1.807) is 0 Å². The van der Waals surface area contributed by atoms with Gasteiger partial charge in [-0.2, -0.15) is 11.8 Å². The van der Waals surface area contributed by atoms with Gasteiger partial charge in [-0.3, -0.25) is 0 Å². The van der Waals surface area contributed by atoms with Gasteiger partial charge in [0.15, 0.2) is 0 Å². The van der Waals surface area contributed by atoms with Crippen molar-refractivity contribution in [3.63, 3.8) is 0 Å². The van der Waals surface area contributed by atoms with Crippen molar-refractivity contribution in [1.82, 2.24) is 0 Å². The number of aryl methyl sites for hydroxylation is 1. The Hall–Kier alpha value is -0.0300. The van der Waals surface area contributed by atoms with Crippen LogP contribution in [0.2, 0.25) is 0 Å². The Morgan fingerprint density at radius 1 is 1.47 bits per heavy atom. The number of rotatable bonds is 7. The van der Waals surface area contributed by atoms with E-state index >= 15 is 0 Å². The van der Waals surface area contributed by atoms with Crippen LogP contribution in [0.5, 0.6) is 0 Å². The van der Waals surface area contributed by atoms with Crippen molar-refractivity contribution < 1.29 is 5.11 Å². The molecule has 1 aromatic heterocycles. The summed E-state index contributed by atoms with van der Waals surface area (Å²) >= 11 is 3.71. The highest BCUT2D eigenvalue weighted by Gasteiger charge is 2.21. The Labute approximate surface area is 113 Å². The van der Waals surface area contributed by atoms with Crippen molar-refractivity contribution in [3.8, 4) is 0 Å². The van der Waals surface area contributed by atoms with Crippen LogP contribution in [0.4, 0.5) is 0 Å². The molecule has 2 nitrogen and oxygen atoms in total. The Morgan fingerprint density at radius 3 is 2.65 bits per heavy atom. The smallest absolute Gasteiger partial charge is 0.0542 e. The normalized spacial score (nSPS) is 16.8. The van der Waals surface area contributed by atoms with Gasteiger partial charge in [-0.05, 0) is 37.1 Å². The van der Waals surface area contributed by atoms with Crippen LogP contribution < -0.4 is 5.73 Å². The molecule has 0 bridgehead atoms. The second kappa shape index (κ2) is 7.41. The molecule has 0 radical (unpaired) electrons. The zero-order valence-corrected chi connectivity index (χ0v) is 12.5. The fourth-order valence-corrected chi connectivity index (χ4v) is 4.16. The van der Waals surface area contributed by atoms with Crippen LogP contribution in [0.1, 0.15) is 35.3 Å². The number of hydrogen-bond acceptors (Lipinski definition) is 4. The van der Waals surface area contributed by atoms with Crippen molar-refractivity contribution in [2.45, 2.75) is 38.5 Å². The first-order valence-electron chi connectivity index (χ1n) is 6.12. The van der Waals surface area contributed by atoms with Gasteiger partial charge in [-0.1, -0.05) is 13.8 Å². The molecule has 4 heteroatoms. The van der Waals surface area contributed by atoms with Gasteiger partial charge in [0, 0.05) is 22.4 Å². The molecule has 0 amide bonds. The van der Waals surface area contributed by atoms with Crippen molar-refractivity contribution in [3.05, 3.63) is 21.9 Å². The third-order valence-corrected chi connectivity index (χ3v) is 5.73. The van der Waals surface area contributed by atoms with Crippen LogP contribution in [0.25, 0.3) is 0 Å². The van der Waals surface area contributed by atoms with E-state index in [1.807, 2.05) is 23.1 Å². The summed E-state index contributed by atoms with van der Waals surface area (Å²) in [6, 6.07) is 4.55. The summed E-state index contributed by atoms with van der Waals surface area (Å²) < 4.78 is 0. The van der Waals surface area contributed by atoms with E-state index < -0.39 is 0 Å². The molecular weight excluding hydrogens is 250 g/mol. The number of aliphatic hydroxyl groups is 1. The number of nitrogens with two attached hydrogens (primary N) is 1. The van der Waals surface area contributed by atoms with Crippen LogP contribution in [0, 0.1) is 12.8 Å². The lowest BCUT2D eigenvalue weighted by molar-refractivity contribution is 0.250. The lowest BCUT2D eigenvalue weighted by Crippen LogP contribution is -2.26. The van der Waals surface area contributed by atoms with Gasteiger partial charge in [0.25, 0.3) is 0 Å². The molecular formula is C13H23NOS2. The number of thioether (sulfide) groups is 1. The van der Waals surface area contributed by atoms with E-state index in [-0.39, 0.29) is 12.6 Å². The van der Waals surface area contributed by atoms with E-state index in [9.17, 15) is 0 Å². The molecule has 0 aliphatic rings. The predicted octanol–water partition coefficient (Wildman–Crippen LogP) is 3.20. The molecule has 3 N–H and O–H groups in total. The van der Waals surface area contributed by atoms with Crippen LogP contribution >= 0.6 is 23.1 Å². The van der Waals surface area contributed by atoms with Crippen molar-refractivity contribution in [2.24, 2.45) is 11.7 Å². The van der Waals surface area contributed by atoms with Gasteiger partial charge in [-0.15, -0.1) is 11.3 Å². The third kappa shape index (κ3) is 4.62. The first-order chi connectivity index (χ1) is 8.08. The molecule has 17 heavy (non-hydrogen) atoms. The van der Waals surface area contributed by atoms with Crippen molar-refractivity contribution >= 4 is 23.1 Å². The van der Waals surface area contributed by atoms with Gasteiger partial charge in [-0.25, -0.2) is 0 Å². The van der Waals surface area contributed by atoms with E-state index in [2.05, 4.69) is 32.9 Å². The van der Waals surface area contributed by atoms with Gasteiger partial charge in [0.05, 0.1) is 5.25 Å². The number of thiophene rings is 1. The zero-order chi connectivity index (χ0) is 12.8. The molecule has 0 aromatic carbocycles. The summed E-state index contributed by atoms with van der Waals surface area (Å²) in [6.07, 6.45) is 0.988. The topological polar surface area (TPSA) is 46.2 Å². The minimum absolute atomic E-state index is 0.198. The molecule has 1 aromatic rings. The maximum absolute atomic E-state index is 9.08. The SMILES string of the molecule is CCC(N)C(SCC(C)CO)c1ccc(C)s1. The molecule has 3 atom stereocenters. The average Bonchev–Trinajstić information content (AvgIpc) is 2.75. The van der Waals surface area contributed by atoms with Crippen LogP contribution in [0.3, 0.4) is 0 Å². The Bertz CT molecular complexity index is 327. The van der Waals surface area contributed by atoms with E-state index in [4.69, 9.17) is 10.8 Å². The summed E-state index contributed by atoms with van der Waals surface area (Å²) in [5.41, 5.74) is 6.21. The molecule has 0 fully saturated rings. The number of hydrogen-bond donors (Lipinski definition) is 2. The zero-order valence-electron chi connectivity index (χ0n) is 10.8. The Kier molecular flexibility index (Phi) is 6.55. The van der Waals surface area contributed by atoms with E-state index in [0.29, 0.717) is 11.2 Å². The Morgan fingerprint density at radius 2 is 2.18 bits per heavy atom. The van der Waals surface area contributed by atoms with E-state index in [0.717, 1.165) is 12.2 Å². The molecule has 98 valence electrons. The van der Waals surface area contributed by atoms with Gasteiger partial charge >= 0.3 is 0 Å². The van der Waals surface area contributed by atoms with E-state index in [1.165, 1.54) is 9.75 Å². The molecule has 0 spiro atoms. The van der Waals surface area contributed by atoms with Crippen molar-refractivity contribution in [2.75, 3.05) is 12.4 Å². The highest BCUT2D eigenvalue weighted by atomic mass is 32.2. The summed E-state index contributed by atoms with van der Waals surface area (Å²) in [7, 11) is 0. The lowest BCUT2D eigenvalue weighted by atomic mass is 10.1. The fraction of sp³-hybridized carbons (Fsp3) is 0.692. The summed E-state index contributed by atoms with van der Waals surface area (Å²) in [6.45, 7) is 6.59. The Balaban J connectivity index is 2.67. The fourth-order valence-electron chi connectivity index (χ4n) is 1.56. The highest BCUT2D eigenvalue weighted by molar-refractivity contribution is 7.99. The molecule has 0 saturated carbocycles. The molecule has 1 heterocycles. The largest absolute Gasteiger partial charge is 0.396 e. The molecule has 0 saturated heterocycles. The summed E-state index contributed by atoms with van der Waals surface area (Å²) in [4.78, 5) is 2.70. The third-order valence-electron chi connectivity index (χ3n) is 2.77. The second-order valence-corrected chi connectivity index (χ2v) is 7.06. The maximum Gasteiger partial charge on any atom is 0.0542 e. The summed E-state index contributed by atoms with van der Waals surface area (Å²) in [5.74, 6) is 1.30. The average molecular weight is 273 g/mol. The highest BCUT2D eigenvalue weighted by Crippen LogP contribution is 2.37. The molecule has 3 unspecified atom stereocenters. The summed E-state index contributed by atoms with van der Waals surface area (Å²) in [5, 5.41) is 9.44. The van der Waals surface area contributed by atoms with Crippen LogP contribution in [-0.4, -0.2) is 23.5 Å². The minimum atomic E-state index is 0.198. The minimum Gasteiger partial charge on any atom is -0.396 e. The second-order valence-electron chi connectivity index (χ2n) is 4.56. The van der Waals surface area contributed by atoms with Gasteiger partial charge in [0.1, 0.15) is 0 Å². The lowest BCUT2D eigenvalue weighted by Gasteiger charge is -2.22.